The molecule has 0 radical (unpaired) electrons. The highest BCUT2D eigenvalue weighted by Gasteiger charge is 2.20. The maximum Gasteiger partial charge on any atom is 0.275 e. The lowest BCUT2D eigenvalue weighted by molar-refractivity contribution is -0.630. The van der Waals surface area contributed by atoms with Gasteiger partial charge in [0.15, 0.2) is 0 Å². The highest BCUT2D eigenvalue weighted by Crippen LogP contribution is 2.37. The average molecular weight is 490 g/mol. The number of rotatable bonds is 0. The van der Waals surface area contributed by atoms with Crippen LogP contribution in [0.25, 0.3) is 0 Å². The lowest BCUT2D eigenvalue weighted by Gasteiger charge is -2.06. The minimum atomic E-state index is 0.421. The summed E-state index contributed by atoms with van der Waals surface area (Å²) in [4.78, 5) is 0. The third-order valence-corrected chi connectivity index (χ3v) is 7.01. The van der Waals surface area contributed by atoms with E-state index in [1.807, 2.05) is 0 Å². The van der Waals surface area contributed by atoms with Crippen LogP contribution in [-0.4, -0.2) is 0 Å². The van der Waals surface area contributed by atoms with Gasteiger partial charge in [0.2, 0.25) is 0 Å². The van der Waals surface area contributed by atoms with E-state index in [9.17, 15) is 5.21 Å². The van der Waals surface area contributed by atoms with Gasteiger partial charge < -0.3 is 5.21 Å². The summed E-state index contributed by atoms with van der Waals surface area (Å²) in [6.07, 6.45) is 0. The molecule has 0 aliphatic rings. The molecule has 1 rings (SSSR count). The van der Waals surface area contributed by atoms with Crippen molar-refractivity contribution in [1.29, 1.82) is 0 Å². The second kappa shape index (κ2) is 4.25. The zero-order valence-electron chi connectivity index (χ0n) is 5.25. The first-order chi connectivity index (χ1) is 5.46. The Morgan fingerprint density at radius 2 is 1.08 bits per heavy atom. The Bertz CT molecular complexity index is 234. The van der Waals surface area contributed by atoms with E-state index in [4.69, 9.17) is 0 Å². The van der Waals surface area contributed by atoms with Crippen molar-refractivity contribution in [3.63, 3.8) is 0 Å². The molecule has 0 bridgehead atoms. The second-order valence-electron chi connectivity index (χ2n) is 1.82. The monoisotopic (exact) mass is 485 g/mol. The number of nitrogens with zero attached hydrogens (tertiary/aromatic N) is 1. The molecule has 66 valence electrons. The molecule has 0 aliphatic carbocycles. The molecule has 0 aliphatic heterocycles. The van der Waals surface area contributed by atoms with Crippen molar-refractivity contribution < 1.29 is 4.73 Å². The van der Waals surface area contributed by atoms with Crippen LogP contribution in [-0.2, 0) is 0 Å². The van der Waals surface area contributed by atoms with Gasteiger partial charge in [0.05, 0.1) is 4.47 Å². The molecule has 7 heteroatoms. The molecule has 12 heavy (non-hydrogen) atoms. The van der Waals surface area contributed by atoms with Gasteiger partial charge in [-0.2, -0.15) is 4.73 Å². The molecule has 0 fully saturated rings. The SMILES string of the molecule is [O-][n+]1c(Br)c(Br)c(Br)c(Br)c1Br. The molecule has 1 aromatic heterocycles. The van der Waals surface area contributed by atoms with Crippen molar-refractivity contribution in [3.05, 3.63) is 27.8 Å². The molecule has 0 aromatic carbocycles. The van der Waals surface area contributed by atoms with Crippen LogP contribution in [0, 0.1) is 5.21 Å². The molecule has 0 spiro atoms. The second-order valence-corrected chi connectivity index (χ2v) is 5.70. The normalized spacial score (nSPS) is 10.4. The Balaban J connectivity index is 3.60. The maximum atomic E-state index is 11.3. The number of hydrogen-bond acceptors (Lipinski definition) is 1. The minimum Gasteiger partial charge on any atom is -0.617 e. The first-order valence-electron chi connectivity index (χ1n) is 2.57. The first kappa shape index (κ1) is 11.4. The van der Waals surface area contributed by atoms with E-state index in [2.05, 4.69) is 79.6 Å². The van der Waals surface area contributed by atoms with Gasteiger partial charge in [-0.15, -0.1) is 0 Å². The van der Waals surface area contributed by atoms with Crippen LogP contribution in [0.15, 0.2) is 22.6 Å². The predicted octanol–water partition coefficient (Wildman–Crippen LogP) is 4.13. The lowest BCUT2D eigenvalue weighted by Crippen LogP contribution is -2.30. The van der Waals surface area contributed by atoms with Gasteiger partial charge >= 0.3 is 0 Å². The van der Waals surface area contributed by atoms with Crippen molar-refractivity contribution in [2.24, 2.45) is 0 Å². The molecule has 0 atom stereocenters. The van der Waals surface area contributed by atoms with E-state index in [1.54, 1.807) is 0 Å². The van der Waals surface area contributed by atoms with Crippen molar-refractivity contribution in [1.82, 2.24) is 0 Å². The minimum absolute atomic E-state index is 0.421. The fraction of sp³-hybridized carbons (Fsp3) is 0. The van der Waals surface area contributed by atoms with Crippen LogP contribution < -0.4 is 4.73 Å². The lowest BCUT2D eigenvalue weighted by atomic mass is 10.5. The van der Waals surface area contributed by atoms with E-state index in [-0.39, 0.29) is 0 Å². The van der Waals surface area contributed by atoms with Crippen molar-refractivity contribution >= 4 is 79.6 Å². The zero-order chi connectivity index (χ0) is 9.46. The third kappa shape index (κ3) is 1.89. The standard InChI is InChI=1S/C5Br5NO/c6-1-2(7)4(9)11(12)5(10)3(1)8. The van der Waals surface area contributed by atoms with E-state index >= 15 is 0 Å². The quantitative estimate of drug-likeness (QED) is 0.306. The Labute approximate surface area is 111 Å². The van der Waals surface area contributed by atoms with Crippen LogP contribution >= 0.6 is 79.6 Å². The number of pyridine rings is 1. The summed E-state index contributed by atoms with van der Waals surface area (Å²) in [7, 11) is 0. The van der Waals surface area contributed by atoms with E-state index in [0.717, 1.165) is 9.20 Å². The fourth-order valence-corrected chi connectivity index (χ4v) is 3.42. The van der Waals surface area contributed by atoms with E-state index in [0.29, 0.717) is 18.2 Å². The van der Waals surface area contributed by atoms with Gasteiger partial charge in [-0.3, -0.25) is 0 Å². The largest absolute Gasteiger partial charge is 0.617 e. The molecule has 0 amide bonds. The van der Waals surface area contributed by atoms with E-state index < -0.39 is 0 Å². The first-order valence-corrected chi connectivity index (χ1v) is 6.54. The van der Waals surface area contributed by atoms with Crippen molar-refractivity contribution in [3.8, 4) is 0 Å². The predicted molar refractivity (Wildman–Crippen MR) is 63.9 cm³/mol. The van der Waals surface area contributed by atoms with Gasteiger partial charge in [-0.1, -0.05) is 0 Å². The smallest absolute Gasteiger partial charge is 0.275 e. The molecule has 0 saturated carbocycles. The molecule has 1 heterocycles. The van der Waals surface area contributed by atoms with Crippen LogP contribution in [0.2, 0.25) is 0 Å². The highest BCUT2D eigenvalue weighted by atomic mass is 79.9. The maximum absolute atomic E-state index is 11.3. The zero-order valence-corrected chi connectivity index (χ0v) is 13.2. The topological polar surface area (TPSA) is 26.9 Å². The summed E-state index contributed by atoms with van der Waals surface area (Å²) in [5.74, 6) is 0. The Kier molecular flexibility index (Phi) is 4.05. The number of hydrogen-bond donors (Lipinski definition) is 0. The van der Waals surface area contributed by atoms with Crippen LogP contribution in [0.5, 0.6) is 0 Å². The average Bonchev–Trinajstić information content (AvgIpc) is 2.08. The molecule has 1 aromatic rings. The van der Waals surface area contributed by atoms with Gasteiger partial charge in [-0.25, -0.2) is 0 Å². The summed E-state index contributed by atoms with van der Waals surface area (Å²) < 4.78 is 3.70. The molecule has 0 N–H and O–H groups in total. The number of halogens is 5. The van der Waals surface area contributed by atoms with Crippen LogP contribution in [0.3, 0.4) is 0 Å². The third-order valence-electron chi connectivity index (χ3n) is 1.10. The molecular weight excluding hydrogens is 490 g/mol. The Hall–Kier alpha value is 1.35. The van der Waals surface area contributed by atoms with Crippen molar-refractivity contribution in [2.75, 3.05) is 0 Å². The molecule has 0 saturated heterocycles. The molecule has 2 nitrogen and oxygen atoms in total. The summed E-state index contributed by atoms with van der Waals surface area (Å²) in [5, 5.41) is 11.3. The summed E-state index contributed by atoms with van der Waals surface area (Å²) >= 11 is 16.1. The summed E-state index contributed by atoms with van der Waals surface area (Å²) in [5.41, 5.74) is 0. The van der Waals surface area contributed by atoms with Gasteiger partial charge in [0, 0.05) is 31.9 Å². The fourth-order valence-electron chi connectivity index (χ4n) is 0.542. The molecule has 0 unspecified atom stereocenters. The number of aromatic nitrogens is 1. The summed E-state index contributed by atoms with van der Waals surface area (Å²) in [6.45, 7) is 0. The van der Waals surface area contributed by atoms with Gasteiger partial charge in [0.1, 0.15) is 8.95 Å². The summed E-state index contributed by atoms with van der Waals surface area (Å²) in [6, 6.07) is 0. The van der Waals surface area contributed by atoms with Gasteiger partial charge in [0.25, 0.3) is 9.21 Å². The van der Waals surface area contributed by atoms with Gasteiger partial charge in [-0.05, 0) is 47.8 Å². The van der Waals surface area contributed by atoms with E-state index in [1.165, 1.54) is 0 Å². The highest BCUT2D eigenvalue weighted by molar-refractivity contribution is 9.15. The Morgan fingerprint density at radius 3 is 1.42 bits per heavy atom. The Morgan fingerprint density at radius 1 is 0.750 bits per heavy atom. The molecular formula is C5Br5NO. The van der Waals surface area contributed by atoms with Crippen molar-refractivity contribution in [2.45, 2.75) is 0 Å². The van der Waals surface area contributed by atoms with Crippen LogP contribution in [0.4, 0.5) is 0 Å². The van der Waals surface area contributed by atoms with Crippen LogP contribution in [0.1, 0.15) is 0 Å².